The third kappa shape index (κ3) is 8.93. The SMILES string of the molecule is CC[C@@H]1C[C@H](N(Cc2cc(C(F)(F)F)cc(C(F)(F)F)c2)c2ncc(N3CCOCC3)cn2)c2cc(OC)ccc2N1C(=O)OCCCC(=O)O. The third-order valence-corrected chi connectivity index (χ3v) is 8.78. The smallest absolute Gasteiger partial charge is 0.416 e. The molecule has 0 spiro atoms. The number of benzene rings is 2. The van der Waals surface area contributed by atoms with Crippen LogP contribution in [0.2, 0.25) is 0 Å². The Morgan fingerprint density at radius 1 is 1.00 bits per heavy atom. The van der Waals surface area contributed by atoms with Crippen molar-refractivity contribution in [2.45, 2.75) is 63.6 Å². The third-order valence-electron chi connectivity index (χ3n) is 8.78. The quantitative estimate of drug-likeness (QED) is 0.162. The number of carbonyl (C=O) groups excluding carboxylic acids is 1. The Balaban J connectivity index is 1.61. The first-order valence-corrected chi connectivity index (χ1v) is 16.2. The minimum atomic E-state index is -5.05. The normalized spacial score (nSPS) is 17.9. The van der Waals surface area contributed by atoms with E-state index in [1.165, 1.54) is 16.9 Å². The number of methoxy groups -OCH3 is 1. The summed E-state index contributed by atoms with van der Waals surface area (Å²) in [5, 5.41) is 8.96. The highest BCUT2D eigenvalue weighted by molar-refractivity contribution is 5.90. The van der Waals surface area contributed by atoms with Gasteiger partial charge in [0.05, 0.1) is 67.9 Å². The molecule has 17 heteroatoms. The van der Waals surface area contributed by atoms with Crippen LogP contribution in [0.25, 0.3) is 0 Å². The highest BCUT2D eigenvalue weighted by atomic mass is 19.4. The molecule has 2 aromatic carbocycles. The number of fused-ring (bicyclic) bond motifs is 1. The number of ether oxygens (including phenoxy) is 3. The summed E-state index contributed by atoms with van der Waals surface area (Å²) in [4.78, 5) is 38.5. The van der Waals surface area contributed by atoms with E-state index in [0.717, 1.165) is 0 Å². The van der Waals surface area contributed by atoms with Crippen LogP contribution in [0, 0.1) is 0 Å². The Kier molecular flexibility index (Phi) is 11.5. The van der Waals surface area contributed by atoms with E-state index in [1.54, 1.807) is 30.6 Å². The molecular weight excluding hydrogens is 688 g/mol. The highest BCUT2D eigenvalue weighted by Gasteiger charge is 2.41. The van der Waals surface area contributed by atoms with Crippen LogP contribution in [0.3, 0.4) is 0 Å². The van der Waals surface area contributed by atoms with Gasteiger partial charge in [-0.3, -0.25) is 9.69 Å². The lowest BCUT2D eigenvalue weighted by molar-refractivity contribution is -0.143. The number of carboxylic acid groups (broad SMARTS) is 1. The number of rotatable bonds is 11. The van der Waals surface area contributed by atoms with Gasteiger partial charge in [0.15, 0.2) is 0 Å². The van der Waals surface area contributed by atoms with E-state index < -0.39 is 54.2 Å². The molecule has 276 valence electrons. The average Bonchev–Trinajstić information content (AvgIpc) is 3.11. The monoisotopic (exact) mass is 725 g/mol. The molecule has 2 atom stereocenters. The van der Waals surface area contributed by atoms with Gasteiger partial charge in [0.2, 0.25) is 5.95 Å². The first-order valence-electron chi connectivity index (χ1n) is 16.2. The molecular formula is C34H37F6N5O6. The summed E-state index contributed by atoms with van der Waals surface area (Å²) in [6.45, 7) is 3.34. The maximum atomic E-state index is 13.9. The lowest BCUT2D eigenvalue weighted by Crippen LogP contribution is -2.48. The van der Waals surface area contributed by atoms with Crippen LogP contribution in [0.1, 0.15) is 60.9 Å². The molecule has 3 aromatic rings. The Bertz CT molecular complexity index is 1650. The fraction of sp³-hybridized carbons (Fsp3) is 0.471. The predicted molar refractivity (Wildman–Crippen MR) is 173 cm³/mol. The molecule has 1 N–H and O–H groups in total. The fourth-order valence-electron chi connectivity index (χ4n) is 6.25. The maximum Gasteiger partial charge on any atom is 0.416 e. The maximum absolute atomic E-state index is 13.9. The summed E-state index contributed by atoms with van der Waals surface area (Å²) in [5.74, 6) is -0.624. The molecule has 0 saturated carbocycles. The number of carboxylic acids is 1. The molecule has 1 amide bonds. The predicted octanol–water partition coefficient (Wildman–Crippen LogP) is 7.10. The van der Waals surface area contributed by atoms with Crippen molar-refractivity contribution < 1.29 is 55.2 Å². The number of halogens is 6. The standard InChI is InChI=1S/C34H37F6N5O6/c1-3-24-16-29(27-17-26(49-2)6-7-28(27)45(24)32(48)51-10-4-5-30(46)47)44(31-41-18-25(19-42-31)43-8-11-50-12-9-43)20-21-13-22(33(35,36)37)15-23(14-21)34(38,39)40/h6-7,13-15,17-19,24,29H,3-5,8-12,16,20H2,1-2H3,(H,46,47)/t24-,29+/m1/s1. The van der Waals surface area contributed by atoms with Gasteiger partial charge in [-0.05, 0) is 61.2 Å². The Labute approximate surface area is 289 Å². The molecule has 1 saturated heterocycles. The molecule has 0 aliphatic carbocycles. The number of nitrogens with zero attached hydrogens (tertiary/aromatic N) is 5. The summed E-state index contributed by atoms with van der Waals surface area (Å²) in [6.07, 6.45) is -7.33. The van der Waals surface area contributed by atoms with Crippen LogP contribution in [0.15, 0.2) is 48.8 Å². The van der Waals surface area contributed by atoms with Crippen molar-refractivity contribution >= 4 is 29.4 Å². The van der Waals surface area contributed by atoms with Crippen molar-refractivity contribution in [3.63, 3.8) is 0 Å². The van der Waals surface area contributed by atoms with Crippen LogP contribution < -0.4 is 19.4 Å². The number of amides is 1. The van der Waals surface area contributed by atoms with Crippen LogP contribution in [0.5, 0.6) is 5.75 Å². The second-order valence-corrected chi connectivity index (χ2v) is 12.1. The van der Waals surface area contributed by atoms with E-state index in [4.69, 9.17) is 19.3 Å². The fourth-order valence-corrected chi connectivity index (χ4v) is 6.25. The summed E-state index contributed by atoms with van der Waals surface area (Å²) in [5.41, 5.74) is -1.69. The van der Waals surface area contributed by atoms with E-state index >= 15 is 0 Å². The van der Waals surface area contributed by atoms with Gasteiger partial charge < -0.3 is 29.1 Å². The topological polar surface area (TPSA) is 118 Å². The van der Waals surface area contributed by atoms with E-state index in [0.29, 0.717) is 67.5 Å². The number of aromatic nitrogens is 2. The van der Waals surface area contributed by atoms with Crippen molar-refractivity contribution in [1.29, 1.82) is 0 Å². The zero-order valence-corrected chi connectivity index (χ0v) is 27.8. The molecule has 2 aliphatic rings. The summed E-state index contributed by atoms with van der Waals surface area (Å²) in [6, 6.07) is 4.98. The summed E-state index contributed by atoms with van der Waals surface area (Å²) in [7, 11) is 1.43. The van der Waals surface area contributed by atoms with E-state index in [9.17, 15) is 35.9 Å². The van der Waals surface area contributed by atoms with Gasteiger partial charge in [-0.15, -0.1) is 0 Å². The van der Waals surface area contributed by atoms with E-state index in [2.05, 4.69) is 9.97 Å². The Morgan fingerprint density at radius 3 is 2.22 bits per heavy atom. The molecule has 5 rings (SSSR count). The largest absolute Gasteiger partial charge is 0.497 e. The van der Waals surface area contributed by atoms with E-state index in [1.807, 2.05) is 11.8 Å². The first-order chi connectivity index (χ1) is 24.2. The number of hydrogen-bond donors (Lipinski definition) is 1. The van der Waals surface area contributed by atoms with Gasteiger partial charge in [-0.25, -0.2) is 14.8 Å². The van der Waals surface area contributed by atoms with Gasteiger partial charge in [0.1, 0.15) is 5.75 Å². The number of morpholine rings is 1. The minimum absolute atomic E-state index is 0.0382. The van der Waals surface area contributed by atoms with Gasteiger partial charge in [0.25, 0.3) is 0 Å². The van der Waals surface area contributed by atoms with Crippen LogP contribution >= 0.6 is 0 Å². The van der Waals surface area contributed by atoms with Crippen molar-refractivity contribution in [1.82, 2.24) is 9.97 Å². The van der Waals surface area contributed by atoms with Gasteiger partial charge in [0, 0.05) is 37.7 Å². The van der Waals surface area contributed by atoms with Crippen LogP contribution in [0.4, 0.5) is 48.5 Å². The van der Waals surface area contributed by atoms with Crippen molar-refractivity contribution in [3.8, 4) is 5.75 Å². The second kappa shape index (κ2) is 15.6. The molecule has 51 heavy (non-hydrogen) atoms. The number of alkyl halides is 6. The number of anilines is 3. The molecule has 11 nitrogen and oxygen atoms in total. The van der Waals surface area contributed by atoms with Crippen molar-refractivity contribution in [3.05, 3.63) is 71.0 Å². The first kappa shape index (κ1) is 37.5. The molecule has 3 heterocycles. The average molecular weight is 726 g/mol. The molecule has 0 unspecified atom stereocenters. The minimum Gasteiger partial charge on any atom is -0.497 e. The number of aliphatic carboxylic acids is 1. The summed E-state index contributed by atoms with van der Waals surface area (Å²) < 4.78 is 99.8. The zero-order chi connectivity index (χ0) is 36.9. The lowest BCUT2D eigenvalue weighted by atomic mass is 9.88. The van der Waals surface area contributed by atoms with Gasteiger partial charge in [-0.1, -0.05) is 6.92 Å². The van der Waals surface area contributed by atoms with Gasteiger partial charge >= 0.3 is 24.4 Å². The Morgan fingerprint density at radius 2 is 1.65 bits per heavy atom. The molecule has 2 aliphatic heterocycles. The highest BCUT2D eigenvalue weighted by Crippen LogP contribution is 2.45. The lowest BCUT2D eigenvalue weighted by Gasteiger charge is -2.44. The van der Waals surface area contributed by atoms with E-state index in [-0.39, 0.29) is 43.4 Å². The zero-order valence-electron chi connectivity index (χ0n) is 27.8. The molecule has 1 fully saturated rings. The number of carbonyl (C=O) groups is 2. The number of hydrogen-bond acceptors (Lipinski definition) is 9. The Hall–Kier alpha value is -4.80. The van der Waals surface area contributed by atoms with Crippen molar-refractivity contribution in [2.24, 2.45) is 0 Å². The molecule has 0 radical (unpaired) electrons. The second-order valence-electron chi connectivity index (χ2n) is 12.1. The van der Waals surface area contributed by atoms with Gasteiger partial charge in [-0.2, -0.15) is 26.3 Å². The molecule has 1 aromatic heterocycles. The van der Waals surface area contributed by atoms with Crippen LogP contribution in [-0.4, -0.2) is 73.2 Å². The van der Waals surface area contributed by atoms with Crippen LogP contribution in [-0.2, 0) is 33.2 Å². The molecule has 0 bridgehead atoms. The summed E-state index contributed by atoms with van der Waals surface area (Å²) >= 11 is 0. The van der Waals surface area contributed by atoms with Crippen molar-refractivity contribution in [2.75, 3.05) is 54.7 Å².